The third kappa shape index (κ3) is 5.41. The standard InChI is InChI=1S/C66H40B2N4O2/c1-3-19-41(20-4-1)69-57-33-17-11-27-49(57)67-51-39-62-52(40-61(51)73-63-37-43(35-59(69)65(63)67)71-53-29-13-7-23-45(53)46-24-8-14-30-54(46)71)68-50-28-12-18-34-58(50)70(42-21-5-2-6-22-42)60-36-44(38-64(74-62)66(60)68)72-55-31-15-9-25-47(55)48-26-10-16-32-56(48)72/h1-40H. The number of anilines is 6. The quantitative estimate of drug-likeness (QED) is 0.165. The second-order valence-corrected chi connectivity index (χ2v) is 20.0. The molecule has 342 valence electrons. The van der Waals surface area contributed by atoms with E-state index >= 15 is 0 Å². The predicted molar refractivity (Wildman–Crippen MR) is 307 cm³/mol. The summed E-state index contributed by atoms with van der Waals surface area (Å²) in [6.45, 7) is -0.289. The lowest BCUT2D eigenvalue weighted by molar-refractivity contribution is 0.475. The van der Waals surface area contributed by atoms with Gasteiger partial charge in [-0.2, -0.15) is 0 Å². The Kier molecular flexibility index (Phi) is 8.08. The van der Waals surface area contributed by atoms with Gasteiger partial charge < -0.3 is 28.4 Å². The van der Waals surface area contributed by atoms with Crippen LogP contribution in [0.5, 0.6) is 23.0 Å². The van der Waals surface area contributed by atoms with Gasteiger partial charge in [0.25, 0.3) is 13.4 Å². The van der Waals surface area contributed by atoms with Crippen molar-refractivity contribution in [1.82, 2.24) is 9.13 Å². The van der Waals surface area contributed by atoms with Gasteiger partial charge in [-0.1, -0.05) is 146 Å². The fourth-order valence-corrected chi connectivity index (χ4v) is 13.2. The third-order valence-corrected chi connectivity index (χ3v) is 16.2. The Labute approximate surface area is 427 Å². The summed E-state index contributed by atoms with van der Waals surface area (Å²) >= 11 is 0. The second kappa shape index (κ2) is 14.9. The first-order valence-electron chi connectivity index (χ1n) is 25.5. The number of ether oxygens (including phenoxy) is 2. The summed E-state index contributed by atoms with van der Waals surface area (Å²) in [5, 5.41) is 4.87. The fraction of sp³-hybridized carbons (Fsp3) is 0. The van der Waals surface area contributed by atoms with Gasteiger partial charge in [-0.3, -0.25) is 0 Å². The molecule has 2 aromatic heterocycles. The Balaban J connectivity index is 0.921. The van der Waals surface area contributed by atoms with E-state index in [0.29, 0.717) is 0 Å². The van der Waals surface area contributed by atoms with Gasteiger partial charge in [0.05, 0.1) is 33.4 Å². The molecule has 0 bridgehead atoms. The maximum absolute atomic E-state index is 7.50. The highest BCUT2D eigenvalue weighted by molar-refractivity contribution is 7.01. The Morgan fingerprint density at radius 3 is 0.986 bits per heavy atom. The molecule has 0 amide bonds. The molecule has 6 nitrogen and oxygen atoms in total. The molecule has 11 aromatic carbocycles. The van der Waals surface area contributed by atoms with Crippen LogP contribution in [0, 0.1) is 0 Å². The molecule has 17 rings (SSSR count). The first kappa shape index (κ1) is 40.0. The number of fused-ring (bicyclic) bond motifs is 14. The molecule has 0 spiro atoms. The second-order valence-electron chi connectivity index (χ2n) is 20.0. The van der Waals surface area contributed by atoms with Crippen LogP contribution in [0.15, 0.2) is 243 Å². The van der Waals surface area contributed by atoms with Crippen molar-refractivity contribution in [3.05, 3.63) is 243 Å². The maximum Gasteiger partial charge on any atom is 0.256 e. The van der Waals surface area contributed by atoms with E-state index in [1.165, 1.54) is 32.5 Å². The van der Waals surface area contributed by atoms with E-state index in [-0.39, 0.29) is 13.4 Å². The van der Waals surface area contributed by atoms with Crippen LogP contribution in [-0.4, -0.2) is 22.6 Å². The van der Waals surface area contributed by atoms with E-state index in [1.54, 1.807) is 0 Å². The van der Waals surface area contributed by atoms with Gasteiger partial charge in [0.2, 0.25) is 0 Å². The number of para-hydroxylation sites is 8. The van der Waals surface area contributed by atoms with Gasteiger partial charge in [-0.05, 0) is 118 Å². The van der Waals surface area contributed by atoms with E-state index in [9.17, 15) is 0 Å². The minimum atomic E-state index is -0.144. The number of hydrogen-bond donors (Lipinski definition) is 0. The topological polar surface area (TPSA) is 34.8 Å². The highest BCUT2D eigenvalue weighted by Gasteiger charge is 2.47. The molecular formula is C66H40B2N4O2. The van der Waals surface area contributed by atoms with Crippen molar-refractivity contribution in [1.29, 1.82) is 0 Å². The van der Waals surface area contributed by atoms with Crippen LogP contribution in [0.4, 0.5) is 34.1 Å². The molecule has 0 aliphatic carbocycles. The van der Waals surface area contributed by atoms with Crippen molar-refractivity contribution in [2.45, 2.75) is 0 Å². The first-order valence-corrected chi connectivity index (χ1v) is 25.5. The molecule has 0 fully saturated rings. The molecule has 0 radical (unpaired) electrons. The zero-order valence-electron chi connectivity index (χ0n) is 39.9. The number of hydrogen-bond acceptors (Lipinski definition) is 4. The number of aromatic nitrogens is 2. The summed E-state index contributed by atoms with van der Waals surface area (Å²) in [5.74, 6) is 3.38. The average Bonchev–Trinajstić information content (AvgIpc) is 3.98. The van der Waals surface area contributed by atoms with Gasteiger partial charge in [0.1, 0.15) is 23.0 Å². The normalized spacial score (nSPS) is 13.5. The van der Waals surface area contributed by atoms with Crippen LogP contribution in [-0.2, 0) is 0 Å². The first-order chi connectivity index (χ1) is 36.7. The Morgan fingerprint density at radius 2 is 0.595 bits per heavy atom. The summed E-state index contributed by atoms with van der Waals surface area (Å²) < 4.78 is 19.8. The molecule has 4 aliphatic rings. The van der Waals surface area contributed by atoms with Gasteiger partial charge in [-0.15, -0.1) is 0 Å². The molecule has 13 aromatic rings. The summed E-state index contributed by atoms with van der Waals surface area (Å²) in [6, 6.07) is 88.2. The smallest absolute Gasteiger partial charge is 0.256 e. The van der Waals surface area contributed by atoms with Crippen molar-refractivity contribution in [3.63, 3.8) is 0 Å². The zero-order chi connectivity index (χ0) is 48.2. The van der Waals surface area contributed by atoms with Crippen molar-refractivity contribution in [3.8, 4) is 34.4 Å². The van der Waals surface area contributed by atoms with Crippen LogP contribution >= 0.6 is 0 Å². The number of nitrogens with zero attached hydrogens (tertiary/aromatic N) is 4. The minimum Gasteiger partial charge on any atom is -0.458 e. The lowest BCUT2D eigenvalue weighted by Gasteiger charge is -2.42. The maximum atomic E-state index is 7.50. The van der Waals surface area contributed by atoms with Gasteiger partial charge >= 0.3 is 0 Å². The van der Waals surface area contributed by atoms with Crippen molar-refractivity contribution < 1.29 is 9.47 Å². The summed E-state index contributed by atoms with van der Waals surface area (Å²) in [5.41, 5.74) is 20.2. The highest BCUT2D eigenvalue weighted by atomic mass is 16.5. The van der Waals surface area contributed by atoms with Crippen molar-refractivity contribution in [2.24, 2.45) is 0 Å². The molecule has 6 heterocycles. The molecular weight excluding hydrogens is 902 g/mol. The van der Waals surface area contributed by atoms with Crippen LogP contribution in [0.1, 0.15) is 0 Å². The Morgan fingerprint density at radius 1 is 0.257 bits per heavy atom. The predicted octanol–water partition coefficient (Wildman–Crippen LogP) is 12.7. The fourth-order valence-electron chi connectivity index (χ4n) is 13.2. The lowest BCUT2D eigenvalue weighted by Crippen LogP contribution is -2.62. The van der Waals surface area contributed by atoms with Gasteiger partial charge in [0.15, 0.2) is 0 Å². The SMILES string of the molecule is c1ccc(N2c3ccccc3B3c4cc5c(cc4Oc4cc(-n6c7ccccc7c7ccccc76)cc2c43)B2c3ccccc3N(c3ccccc3)c3cc(-n4c6ccccc6c6ccccc64)cc(c32)O5)cc1. The summed E-state index contributed by atoms with van der Waals surface area (Å²) in [7, 11) is 0. The highest BCUT2D eigenvalue weighted by Crippen LogP contribution is 2.47. The van der Waals surface area contributed by atoms with Gasteiger partial charge in [-0.25, -0.2) is 0 Å². The third-order valence-electron chi connectivity index (χ3n) is 16.2. The van der Waals surface area contributed by atoms with Gasteiger partial charge in [0, 0.05) is 67.8 Å². The molecule has 0 atom stereocenters. The Hall–Kier alpha value is -9.65. The lowest BCUT2D eigenvalue weighted by atomic mass is 9.32. The number of rotatable bonds is 4. The molecule has 74 heavy (non-hydrogen) atoms. The molecule has 0 unspecified atom stereocenters. The zero-order valence-corrected chi connectivity index (χ0v) is 39.9. The number of benzene rings is 11. The minimum absolute atomic E-state index is 0.144. The van der Waals surface area contributed by atoms with Crippen LogP contribution < -0.4 is 52.1 Å². The van der Waals surface area contributed by atoms with E-state index in [0.717, 1.165) is 112 Å². The largest absolute Gasteiger partial charge is 0.458 e. The average molecular weight is 943 g/mol. The Bertz CT molecular complexity index is 4150. The van der Waals surface area contributed by atoms with Crippen LogP contribution in [0.2, 0.25) is 0 Å². The van der Waals surface area contributed by atoms with E-state index < -0.39 is 0 Å². The summed E-state index contributed by atoms with van der Waals surface area (Å²) in [6.07, 6.45) is 0. The molecule has 8 heteroatoms. The molecule has 4 aliphatic heterocycles. The van der Waals surface area contributed by atoms with E-state index in [2.05, 4.69) is 262 Å². The molecule has 0 N–H and O–H groups in total. The molecule has 0 saturated heterocycles. The van der Waals surface area contributed by atoms with E-state index in [1.807, 2.05) is 0 Å². The van der Waals surface area contributed by atoms with Crippen molar-refractivity contribution >= 4 is 124 Å². The van der Waals surface area contributed by atoms with Crippen molar-refractivity contribution in [2.75, 3.05) is 9.80 Å². The van der Waals surface area contributed by atoms with Crippen LogP contribution in [0.3, 0.4) is 0 Å². The van der Waals surface area contributed by atoms with Crippen LogP contribution in [0.25, 0.3) is 55.0 Å². The van der Waals surface area contributed by atoms with E-state index in [4.69, 9.17) is 9.47 Å². The monoisotopic (exact) mass is 942 g/mol. The summed E-state index contributed by atoms with van der Waals surface area (Å²) in [4.78, 5) is 4.85. The molecule has 0 saturated carbocycles.